The Morgan fingerprint density at radius 1 is 1.11 bits per heavy atom. The van der Waals surface area contributed by atoms with E-state index in [4.69, 9.17) is 5.73 Å². The third-order valence-electron chi connectivity index (χ3n) is 4.64. The molecule has 1 fully saturated rings. The van der Waals surface area contributed by atoms with Crippen LogP contribution in [0, 0.1) is 24.4 Å². The zero-order valence-electron chi connectivity index (χ0n) is 16.0. The molecule has 3 nitrogen and oxygen atoms in total. The molecule has 1 aliphatic rings. The minimum absolute atomic E-state index is 0.0244. The number of nitrogens with zero attached hydrogens (tertiary/aromatic N) is 1. The summed E-state index contributed by atoms with van der Waals surface area (Å²) in [6.07, 6.45) is 2.98. The van der Waals surface area contributed by atoms with Crippen LogP contribution in [0.3, 0.4) is 0 Å². The molecule has 28 heavy (non-hydrogen) atoms. The first-order valence-electron chi connectivity index (χ1n) is 8.96. The lowest BCUT2D eigenvalue weighted by Gasteiger charge is -2.17. The molecule has 0 aromatic heterocycles. The van der Waals surface area contributed by atoms with E-state index in [0.717, 1.165) is 24.0 Å². The van der Waals surface area contributed by atoms with Gasteiger partial charge < -0.3 is 11.1 Å². The smallest absolute Gasteiger partial charge is 0.182 e. The van der Waals surface area contributed by atoms with Crippen molar-refractivity contribution in [1.82, 2.24) is 0 Å². The summed E-state index contributed by atoms with van der Waals surface area (Å²) in [7, 11) is 1.53. The maximum atomic E-state index is 14.8. The number of aryl methyl sites for hydroxylation is 1. The molecule has 3 N–H and O–H groups in total. The van der Waals surface area contributed by atoms with E-state index in [-0.39, 0.29) is 11.3 Å². The van der Waals surface area contributed by atoms with Gasteiger partial charge in [-0.1, -0.05) is 12.1 Å². The first-order chi connectivity index (χ1) is 13.3. The Morgan fingerprint density at radius 2 is 1.82 bits per heavy atom. The molecule has 0 aliphatic heterocycles. The maximum absolute atomic E-state index is 14.8. The number of nitrogens with two attached hydrogens (primary N) is 1. The van der Waals surface area contributed by atoms with Gasteiger partial charge in [0.1, 0.15) is 5.82 Å². The Hall–Kier alpha value is -3.02. The van der Waals surface area contributed by atoms with E-state index in [1.54, 1.807) is 26.0 Å². The summed E-state index contributed by atoms with van der Waals surface area (Å²) in [4.78, 5) is 3.85. The number of anilines is 1. The fraction of sp³-hybridized carbons (Fsp3) is 0.227. The number of aliphatic imine (C=N–C) groups is 1. The predicted octanol–water partition coefficient (Wildman–Crippen LogP) is 5.42. The lowest BCUT2D eigenvalue weighted by molar-refractivity contribution is 0.509. The summed E-state index contributed by atoms with van der Waals surface area (Å²) in [6, 6.07) is 7.64. The Labute approximate surface area is 162 Å². The number of benzene rings is 2. The second-order valence-electron chi connectivity index (χ2n) is 6.81. The molecule has 1 aliphatic carbocycles. The van der Waals surface area contributed by atoms with E-state index in [9.17, 15) is 13.2 Å². The van der Waals surface area contributed by atoms with Gasteiger partial charge in [0.25, 0.3) is 0 Å². The van der Waals surface area contributed by atoms with Crippen LogP contribution in [0.25, 0.3) is 11.3 Å². The number of allylic oxidation sites excluding steroid dienone is 3. The van der Waals surface area contributed by atoms with Crippen molar-refractivity contribution in [3.05, 3.63) is 75.7 Å². The minimum Gasteiger partial charge on any atom is -0.402 e. The average Bonchev–Trinajstić information content (AvgIpc) is 3.47. The van der Waals surface area contributed by atoms with Crippen LogP contribution in [0.4, 0.5) is 18.9 Å². The lowest BCUT2D eigenvalue weighted by Crippen LogP contribution is -2.08. The SMILES string of the molecule is CN=C/C(=C(/C)N)c1ccc(NC(=C2CC2)c2c(C)cccc2F)c(F)c1F. The highest BCUT2D eigenvalue weighted by Gasteiger charge is 2.25. The normalized spacial score (nSPS) is 14.3. The average molecular weight is 385 g/mol. The second-order valence-corrected chi connectivity index (χ2v) is 6.81. The van der Waals surface area contributed by atoms with Crippen molar-refractivity contribution < 1.29 is 13.2 Å². The van der Waals surface area contributed by atoms with Gasteiger partial charge in [0.2, 0.25) is 0 Å². The van der Waals surface area contributed by atoms with E-state index in [1.165, 1.54) is 31.5 Å². The van der Waals surface area contributed by atoms with Crippen LogP contribution in [0.5, 0.6) is 0 Å². The van der Waals surface area contributed by atoms with E-state index in [2.05, 4.69) is 10.3 Å². The number of hydrogen-bond donors (Lipinski definition) is 2. The quantitative estimate of drug-likeness (QED) is 0.675. The fourth-order valence-electron chi connectivity index (χ4n) is 3.09. The molecule has 2 aromatic rings. The predicted molar refractivity (Wildman–Crippen MR) is 108 cm³/mol. The molecule has 0 bridgehead atoms. The first-order valence-corrected chi connectivity index (χ1v) is 8.96. The topological polar surface area (TPSA) is 50.4 Å². The Bertz CT molecular complexity index is 990. The number of rotatable bonds is 5. The summed E-state index contributed by atoms with van der Waals surface area (Å²) >= 11 is 0. The van der Waals surface area contributed by atoms with E-state index < -0.39 is 17.5 Å². The molecule has 146 valence electrons. The maximum Gasteiger partial charge on any atom is 0.182 e. The molecule has 0 spiro atoms. The third-order valence-corrected chi connectivity index (χ3v) is 4.64. The van der Waals surface area contributed by atoms with Crippen molar-refractivity contribution >= 4 is 23.2 Å². The van der Waals surface area contributed by atoms with Crippen molar-refractivity contribution in [2.24, 2.45) is 10.7 Å². The van der Waals surface area contributed by atoms with Crippen LogP contribution >= 0.6 is 0 Å². The molecule has 0 unspecified atom stereocenters. The van der Waals surface area contributed by atoms with E-state index in [0.29, 0.717) is 22.5 Å². The summed E-state index contributed by atoms with van der Waals surface area (Å²) < 4.78 is 44.0. The van der Waals surface area contributed by atoms with Crippen molar-refractivity contribution in [1.29, 1.82) is 0 Å². The van der Waals surface area contributed by atoms with Gasteiger partial charge in [-0.25, -0.2) is 13.2 Å². The molecule has 0 radical (unpaired) electrons. The van der Waals surface area contributed by atoms with Gasteiger partial charge in [0.15, 0.2) is 11.6 Å². The van der Waals surface area contributed by atoms with Gasteiger partial charge in [-0.15, -0.1) is 0 Å². The monoisotopic (exact) mass is 385 g/mol. The van der Waals surface area contributed by atoms with Gasteiger partial charge in [-0.3, -0.25) is 4.99 Å². The molecule has 0 amide bonds. The van der Waals surface area contributed by atoms with Crippen LogP contribution in [0.15, 0.2) is 46.6 Å². The Morgan fingerprint density at radius 3 is 2.39 bits per heavy atom. The zero-order chi connectivity index (χ0) is 20.4. The van der Waals surface area contributed by atoms with Crippen LogP contribution in [-0.2, 0) is 0 Å². The van der Waals surface area contributed by atoms with Crippen LogP contribution in [0.1, 0.15) is 36.5 Å². The molecule has 2 aromatic carbocycles. The summed E-state index contributed by atoms with van der Waals surface area (Å²) in [5, 5.41) is 2.92. The summed E-state index contributed by atoms with van der Waals surface area (Å²) in [6.45, 7) is 3.38. The van der Waals surface area contributed by atoms with Gasteiger partial charge >= 0.3 is 0 Å². The van der Waals surface area contributed by atoms with Gasteiger partial charge in [0.05, 0.1) is 5.69 Å². The van der Waals surface area contributed by atoms with Gasteiger partial charge in [-0.05, 0) is 56.0 Å². The summed E-state index contributed by atoms with van der Waals surface area (Å²) in [5.74, 6) is -2.48. The highest BCUT2D eigenvalue weighted by molar-refractivity contribution is 6.10. The molecule has 0 atom stereocenters. The molecular weight excluding hydrogens is 363 g/mol. The van der Waals surface area contributed by atoms with E-state index >= 15 is 0 Å². The second kappa shape index (κ2) is 7.92. The van der Waals surface area contributed by atoms with Crippen molar-refractivity contribution in [3.63, 3.8) is 0 Å². The zero-order valence-corrected chi connectivity index (χ0v) is 16.0. The van der Waals surface area contributed by atoms with Gasteiger partial charge in [0, 0.05) is 41.4 Å². The highest BCUT2D eigenvalue weighted by Crippen LogP contribution is 2.39. The molecular formula is C22H22F3N3. The molecule has 1 saturated carbocycles. The van der Waals surface area contributed by atoms with Crippen LogP contribution < -0.4 is 11.1 Å². The standard InChI is InChI=1S/C22H22F3N3/c1-12-5-4-6-17(23)19(12)22(14-7-8-14)28-18-10-9-15(20(24)21(18)25)16(11-27-3)13(2)26/h4-6,9-11,28H,7-8,26H2,1-3H3/b16-13+,27-11?. The number of nitrogens with one attached hydrogen (secondary N) is 1. The highest BCUT2D eigenvalue weighted by atomic mass is 19.2. The van der Waals surface area contributed by atoms with Crippen LogP contribution in [-0.4, -0.2) is 13.3 Å². The number of hydrogen-bond acceptors (Lipinski definition) is 3. The summed E-state index contributed by atoms with van der Waals surface area (Å²) in [5.41, 5.74) is 8.99. The molecule has 3 rings (SSSR count). The largest absolute Gasteiger partial charge is 0.402 e. The van der Waals surface area contributed by atoms with Crippen molar-refractivity contribution in [2.75, 3.05) is 12.4 Å². The van der Waals surface area contributed by atoms with Gasteiger partial charge in [-0.2, -0.15) is 0 Å². The third kappa shape index (κ3) is 3.81. The Balaban J connectivity index is 2.05. The molecule has 6 heteroatoms. The van der Waals surface area contributed by atoms with Crippen molar-refractivity contribution in [3.8, 4) is 0 Å². The molecule has 0 heterocycles. The first kappa shape index (κ1) is 19.7. The number of halogens is 3. The minimum atomic E-state index is -1.05. The lowest BCUT2D eigenvalue weighted by atomic mass is 10.0. The Kier molecular flexibility index (Phi) is 5.58. The van der Waals surface area contributed by atoms with E-state index in [1.807, 2.05) is 0 Å². The fourth-order valence-corrected chi connectivity index (χ4v) is 3.09. The molecule has 0 saturated heterocycles. The van der Waals surface area contributed by atoms with Crippen molar-refractivity contribution in [2.45, 2.75) is 26.7 Å². The van der Waals surface area contributed by atoms with Crippen LogP contribution in [0.2, 0.25) is 0 Å².